The van der Waals surface area contributed by atoms with Crippen molar-refractivity contribution in [2.75, 3.05) is 7.11 Å². The van der Waals surface area contributed by atoms with Gasteiger partial charge in [0.05, 0.1) is 19.2 Å². The SMILES string of the molecule is COc1ccc(F)cc1C(=O)NCc1sccc1C. The molecule has 0 aliphatic rings. The van der Waals surface area contributed by atoms with Crippen LogP contribution in [0.15, 0.2) is 29.6 Å². The molecule has 0 fully saturated rings. The average molecular weight is 279 g/mol. The van der Waals surface area contributed by atoms with Gasteiger partial charge in [0, 0.05) is 4.88 Å². The van der Waals surface area contributed by atoms with Gasteiger partial charge in [0.15, 0.2) is 0 Å². The maximum absolute atomic E-state index is 13.2. The second kappa shape index (κ2) is 5.84. The smallest absolute Gasteiger partial charge is 0.255 e. The fourth-order valence-electron chi connectivity index (χ4n) is 1.70. The molecule has 0 atom stereocenters. The molecule has 0 saturated carbocycles. The Labute approximate surface area is 115 Å². The summed E-state index contributed by atoms with van der Waals surface area (Å²) in [5.41, 5.74) is 1.34. The Balaban J connectivity index is 2.12. The molecule has 2 aromatic rings. The maximum Gasteiger partial charge on any atom is 0.255 e. The molecule has 0 spiro atoms. The normalized spacial score (nSPS) is 10.3. The third kappa shape index (κ3) is 3.12. The lowest BCUT2D eigenvalue weighted by Gasteiger charge is -2.09. The number of carbonyl (C=O) groups is 1. The Morgan fingerprint density at radius 2 is 2.21 bits per heavy atom. The minimum Gasteiger partial charge on any atom is -0.496 e. The lowest BCUT2D eigenvalue weighted by atomic mass is 10.1. The molecule has 1 aromatic carbocycles. The van der Waals surface area contributed by atoms with Crippen molar-refractivity contribution in [1.82, 2.24) is 5.32 Å². The quantitative estimate of drug-likeness (QED) is 0.933. The topological polar surface area (TPSA) is 38.3 Å². The van der Waals surface area contributed by atoms with Gasteiger partial charge in [0.2, 0.25) is 0 Å². The summed E-state index contributed by atoms with van der Waals surface area (Å²) in [6.45, 7) is 2.42. The van der Waals surface area contributed by atoms with E-state index < -0.39 is 5.82 Å². The molecule has 3 nitrogen and oxygen atoms in total. The highest BCUT2D eigenvalue weighted by Crippen LogP contribution is 2.20. The molecule has 0 radical (unpaired) electrons. The number of rotatable bonds is 4. The second-order valence-electron chi connectivity index (χ2n) is 4.05. The number of amides is 1. The van der Waals surface area contributed by atoms with Crippen molar-refractivity contribution in [2.24, 2.45) is 0 Å². The van der Waals surface area contributed by atoms with Gasteiger partial charge in [-0.2, -0.15) is 0 Å². The van der Waals surface area contributed by atoms with Crippen molar-refractivity contribution in [3.05, 3.63) is 51.5 Å². The zero-order valence-corrected chi connectivity index (χ0v) is 11.5. The average Bonchev–Trinajstić information content (AvgIpc) is 2.81. The monoisotopic (exact) mass is 279 g/mol. The summed E-state index contributed by atoms with van der Waals surface area (Å²) >= 11 is 1.58. The summed E-state index contributed by atoms with van der Waals surface area (Å²) in [6.07, 6.45) is 0. The van der Waals surface area contributed by atoms with E-state index in [4.69, 9.17) is 4.74 Å². The summed E-state index contributed by atoms with van der Waals surface area (Å²) in [7, 11) is 1.45. The van der Waals surface area contributed by atoms with Crippen molar-refractivity contribution >= 4 is 17.2 Å². The van der Waals surface area contributed by atoms with E-state index in [1.54, 1.807) is 11.3 Å². The zero-order valence-electron chi connectivity index (χ0n) is 10.7. The molecule has 0 bridgehead atoms. The number of ether oxygens (including phenoxy) is 1. The van der Waals surface area contributed by atoms with Gasteiger partial charge in [0.25, 0.3) is 5.91 Å². The van der Waals surface area contributed by atoms with Crippen LogP contribution in [0.5, 0.6) is 5.75 Å². The molecule has 0 unspecified atom stereocenters. The zero-order chi connectivity index (χ0) is 13.8. The third-order valence-corrected chi connectivity index (χ3v) is 3.81. The van der Waals surface area contributed by atoms with E-state index in [-0.39, 0.29) is 11.5 Å². The van der Waals surface area contributed by atoms with E-state index in [1.807, 2.05) is 18.4 Å². The van der Waals surface area contributed by atoms with Crippen LogP contribution >= 0.6 is 11.3 Å². The Bertz CT molecular complexity index is 595. The molecular weight excluding hydrogens is 265 g/mol. The van der Waals surface area contributed by atoms with Crippen LogP contribution in [0, 0.1) is 12.7 Å². The Kier molecular flexibility index (Phi) is 4.16. The highest BCUT2D eigenvalue weighted by atomic mass is 32.1. The van der Waals surface area contributed by atoms with Gasteiger partial charge in [-0.05, 0) is 42.1 Å². The van der Waals surface area contributed by atoms with Crippen LogP contribution < -0.4 is 10.1 Å². The van der Waals surface area contributed by atoms with Crippen LogP contribution in [0.3, 0.4) is 0 Å². The lowest BCUT2D eigenvalue weighted by Crippen LogP contribution is -2.23. The van der Waals surface area contributed by atoms with Crippen LogP contribution in [0.2, 0.25) is 0 Å². The van der Waals surface area contributed by atoms with Crippen LogP contribution in [0.4, 0.5) is 4.39 Å². The van der Waals surface area contributed by atoms with E-state index in [2.05, 4.69) is 5.32 Å². The molecule has 19 heavy (non-hydrogen) atoms. The first kappa shape index (κ1) is 13.5. The van der Waals surface area contributed by atoms with Crippen LogP contribution in [-0.2, 0) is 6.54 Å². The second-order valence-corrected chi connectivity index (χ2v) is 5.05. The Morgan fingerprint density at radius 3 is 2.84 bits per heavy atom. The van der Waals surface area contributed by atoms with Crippen molar-refractivity contribution in [3.8, 4) is 5.75 Å². The highest BCUT2D eigenvalue weighted by molar-refractivity contribution is 7.10. The molecule has 2 rings (SSSR count). The van der Waals surface area contributed by atoms with Gasteiger partial charge < -0.3 is 10.1 Å². The number of aryl methyl sites for hydroxylation is 1. The first-order chi connectivity index (χ1) is 9.11. The van der Waals surface area contributed by atoms with E-state index in [0.29, 0.717) is 12.3 Å². The Morgan fingerprint density at radius 1 is 1.42 bits per heavy atom. The van der Waals surface area contributed by atoms with E-state index >= 15 is 0 Å². The fraction of sp³-hybridized carbons (Fsp3) is 0.214. The lowest BCUT2D eigenvalue weighted by molar-refractivity contribution is 0.0947. The summed E-state index contributed by atoms with van der Waals surface area (Å²) < 4.78 is 18.2. The number of methoxy groups -OCH3 is 1. The van der Waals surface area contributed by atoms with E-state index in [9.17, 15) is 9.18 Å². The summed E-state index contributed by atoms with van der Waals surface area (Å²) in [4.78, 5) is 13.1. The van der Waals surface area contributed by atoms with Gasteiger partial charge in [-0.1, -0.05) is 0 Å². The summed E-state index contributed by atoms with van der Waals surface area (Å²) in [5.74, 6) is -0.441. The fourth-order valence-corrected chi connectivity index (χ4v) is 2.54. The van der Waals surface area contributed by atoms with Gasteiger partial charge >= 0.3 is 0 Å². The predicted molar refractivity (Wildman–Crippen MR) is 73.2 cm³/mol. The molecule has 1 amide bonds. The first-order valence-corrected chi connectivity index (χ1v) is 6.64. The predicted octanol–water partition coefficient (Wildman–Crippen LogP) is 3.13. The number of nitrogens with one attached hydrogen (secondary N) is 1. The first-order valence-electron chi connectivity index (χ1n) is 5.76. The van der Waals surface area contributed by atoms with Crippen molar-refractivity contribution in [3.63, 3.8) is 0 Å². The largest absolute Gasteiger partial charge is 0.496 e. The highest BCUT2D eigenvalue weighted by Gasteiger charge is 2.13. The van der Waals surface area contributed by atoms with Crippen LogP contribution in [-0.4, -0.2) is 13.0 Å². The van der Waals surface area contributed by atoms with Crippen molar-refractivity contribution in [1.29, 1.82) is 0 Å². The molecule has 1 N–H and O–H groups in total. The molecule has 100 valence electrons. The van der Waals surface area contributed by atoms with Crippen molar-refractivity contribution < 1.29 is 13.9 Å². The third-order valence-electron chi connectivity index (χ3n) is 2.78. The minimum absolute atomic E-state index is 0.205. The summed E-state index contributed by atoms with van der Waals surface area (Å²) in [6, 6.07) is 5.88. The molecule has 5 heteroatoms. The number of hydrogen-bond acceptors (Lipinski definition) is 3. The van der Waals surface area contributed by atoms with Gasteiger partial charge in [0.1, 0.15) is 11.6 Å². The van der Waals surface area contributed by atoms with Crippen LogP contribution in [0.1, 0.15) is 20.8 Å². The Hall–Kier alpha value is -1.88. The molecule has 1 aromatic heterocycles. The van der Waals surface area contributed by atoms with Gasteiger partial charge in [-0.25, -0.2) is 4.39 Å². The minimum atomic E-state index is -0.460. The van der Waals surface area contributed by atoms with Crippen molar-refractivity contribution in [2.45, 2.75) is 13.5 Å². The standard InChI is InChI=1S/C14H14FNO2S/c1-9-5-6-19-13(9)8-16-14(17)11-7-10(15)3-4-12(11)18-2/h3-7H,8H2,1-2H3,(H,16,17). The molecule has 0 aliphatic heterocycles. The number of hydrogen-bond donors (Lipinski definition) is 1. The molecule has 1 heterocycles. The van der Waals surface area contributed by atoms with E-state index in [1.165, 1.54) is 25.3 Å². The van der Waals surface area contributed by atoms with Crippen LogP contribution in [0.25, 0.3) is 0 Å². The number of halogens is 1. The molecular formula is C14H14FNO2S. The van der Waals surface area contributed by atoms with Gasteiger partial charge in [-0.3, -0.25) is 4.79 Å². The number of benzene rings is 1. The van der Waals surface area contributed by atoms with Gasteiger partial charge in [-0.15, -0.1) is 11.3 Å². The van der Waals surface area contributed by atoms with E-state index in [0.717, 1.165) is 10.4 Å². The number of thiophene rings is 1. The molecule has 0 aliphatic carbocycles. The summed E-state index contributed by atoms with van der Waals surface area (Å²) in [5, 5.41) is 4.74. The molecule has 0 saturated heterocycles. The maximum atomic E-state index is 13.2. The number of carbonyl (C=O) groups excluding carboxylic acids is 1.